The molecule has 28 heavy (non-hydrogen) atoms. The minimum atomic E-state index is -0.116. The van der Waals surface area contributed by atoms with E-state index in [0.29, 0.717) is 37.6 Å². The third-order valence-electron chi connectivity index (χ3n) is 5.26. The molecule has 0 spiro atoms. The highest BCUT2D eigenvalue weighted by atomic mass is 16.4. The summed E-state index contributed by atoms with van der Waals surface area (Å²) < 4.78 is 5.88. The van der Waals surface area contributed by atoms with Crippen LogP contribution in [0.25, 0.3) is 11.3 Å². The summed E-state index contributed by atoms with van der Waals surface area (Å²) in [5.41, 5.74) is 7.64. The van der Waals surface area contributed by atoms with Crippen molar-refractivity contribution in [2.24, 2.45) is 5.73 Å². The van der Waals surface area contributed by atoms with Crippen LogP contribution >= 0.6 is 0 Å². The lowest BCUT2D eigenvalue weighted by atomic mass is 10.0. The molecule has 1 aromatic carbocycles. The Balaban J connectivity index is 1.69. The monoisotopic (exact) mass is 383 g/mol. The molecular weight excluding hydrogens is 354 g/mol. The van der Waals surface area contributed by atoms with Crippen LogP contribution in [-0.2, 0) is 11.2 Å². The van der Waals surface area contributed by atoms with Crippen LogP contribution in [0.4, 0.5) is 0 Å². The van der Waals surface area contributed by atoms with Gasteiger partial charge in [-0.05, 0) is 43.4 Å². The Kier molecular flexibility index (Phi) is 6.87. The molecule has 1 aliphatic heterocycles. The van der Waals surface area contributed by atoms with Crippen molar-refractivity contribution >= 4 is 11.8 Å². The minimum absolute atomic E-state index is 0.0136. The summed E-state index contributed by atoms with van der Waals surface area (Å²) in [7, 11) is 0. The first-order chi connectivity index (χ1) is 13.6. The fourth-order valence-electron chi connectivity index (χ4n) is 3.59. The van der Waals surface area contributed by atoms with Gasteiger partial charge >= 0.3 is 0 Å². The van der Waals surface area contributed by atoms with E-state index in [-0.39, 0.29) is 17.9 Å². The van der Waals surface area contributed by atoms with Crippen LogP contribution in [0.15, 0.2) is 40.8 Å². The number of nitrogens with zero attached hydrogens (tertiary/aromatic N) is 1. The van der Waals surface area contributed by atoms with Gasteiger partial charge in [-0.25, -0.2) is 0 Å². The predicted octanol–water partition coefficient (Wildman–Crippen LogP) is 2.97. The predicted molar refractivity (Wildman–Crippen MR) is 109 cm³/mol. The third-order valence-corrected chi connectivity index (χ3v) is 5.26. The maximum atomic E-state index is 13.0. The van der Waals surface area contributed by atoms with Crippen molar-refractivity contribution < 1.29 is 14.0 Å². The van der Waals surface area contributed by atoms with Crippen LogP contribution in [0.1, 0.15) is 48.7 Å². The molecule has 2 heterocycles. The summed E-state index contributed by atoms with van der Waals surface area (Å²) in [5, 5.41) is 2.89. The van der Waals surface area contributed by atoms with E-state index in [2.05, 4.69) is 24.4 Å². The second-order valence-electron chi connectivity index (χ2n) is 7.21. The van der Waals surface area contributed by atoms with Crippen molar-refractivity contribution in [1.29, 1.82) is 0 Å². The first-order valence-electron chi connectivity index (χ1n) is 10.1. The van der Waals surface area contributed by atoms with Crippen LogP contribution in [0, 0.1) is 0 Å². The molecule has 1 atom stereocenters. The Morgan fingerprint density at radius 1 is 1.18 bits per heavy atom. The van der Waals surface area contributed by atoms with Gasteiger partial charge in [0.25, 0.3) is 5.91 Å². The van der Waals surface area contributed by atoms with Gasteiger partial charge in [-0.15, -0.1) is 0 Å². The van der Waals surface area contributed by atoms with Gasteiger partial charge in [0.15, 0.2) is 5.76 Å². The van der Waals surface area contributed by atoms with Crippen molar-refractivity contribution in [3.05, 3.63) is 47.7 Å². The van der Waals surface area contributed by atoms with Gasteiger partial charge in [0.2, 0.25) is 5.91 Å². The zero-order valence-electron chi connectivity index (χ0n) is 16.4. The third kappa shape index (κ3) is 4.81. The van der Waals surface area contributed by atoms with E-state index < -0.39 is 0 Å². The van der Waals surface area contributed by atoms with E-state index in [1.807, 2.05) is 23.1 Å². The molecule has 3 rings (SSSR count). The molecule has 1 saturated heterocycles. The number of aryl methyl sites for hydroxylation is 1. The molecule has 0 bridgehead atoms. The molecule has 1 aromatic heterocycles. The van der Waals surface area contributed by atoms with Crippen molar-refractivity contribution in [2.75, 3.05) is 19.6 Å². The van der Waals surface area contributed by atoms with E-state index in [1.54, 1.807) is 6.07 Å². The average molecular weight is 383 g/mol. The number of carbonyl (C=O) groups is 2. The number of furan rings is 1. The van der Waals surface area contributed by atoms with E-state index >= 15 is 0 Å². The van der Waals surface area contributed by atoms with Crippen LogP contribution in [-0.4, -0.2) is 42.4 Å². The highest BCUT2D eigenvalue weighted by Crippen LogP contribution is 2.25. The molecule has 0 aliphatic carbocycles. The standard InChI is InChI=1S/C22H29N3O3/c1-2-16-6-8-17(9-7-16)19-10-11-20(28-19)22(27)25-14-4-3-5-18(25)15-24-21(26)12-13-23/h6-11,18H,2-5,12-15,23H2,1H3,(H,24,26). The van der Waals surface area contributed by atoms with E-state index in [1.165, 1.54) is 5.56 Å². The summed E-state index contributed by atoms with van der Waals surface area (Å²) in [6, 6.07) is 11.7. The van der Waals surface area contributed by atoms with Gasteiger partial charge in [0.05, 0.1) is 0 Å². The Morgan fingerprint density at radius 3 is 2.68 bits per heavy atom. The van der Waals surface area contributed by atoms with Crippen molar-refractivity contribution in [1.82, 2.24) is 10.2 Å². The zero-order valence-corrected chi connectivity index (χ0v) is 16.4. The normalized spacial score (nSPS) is 16.8. The molecule has 6 nitrogen and oxygen atoms in total. The van der Waals surface area contributed by atoms with Gasteiger partial charge in [-0.1, -0.05) is 31.2 Å². The first kappa shape index (κ1) is 20.1. The molecule has 3 N–H and O–H groups in total. The summed E-state index contributed by atoms with van der Waals surface area (Å²) in [6.45, 7) is 3.58. The molecule has 1 unspecified atom stereocenters. The Labute approximate surface area is 166 Å². The topological polar surface area (TPSA) is 88.6 Å². The molecular formula is C22H29N3O3. The molecule has 150 valence electrons. The Morgan fingerprint density at radius 2 is 1.96 bits per heavy atom. The molecule has 1 fully saturated rings. The smallest absolute Gasteiger partial charge is 0.289 e. The zero-order chi connectivity index (χ0) is 19.9. The average Bonchev–Trinajstić information content (AvgIpc) is 3.22. The number of nitrogens with two attached hydrogens (primary N) is 1. The summed E-state index contributed by atoms with van der Waals surface area (Å²) in [6.07, 6.45) is 4.18. The van der Waals surface area contributed by atoms with E-state index in [4.69, 9.17) is 10.2 Å². The number of benzene rings is 1. The number of amides is 2. The fourth-order valence-corrected chi connectivity index (χ4v) is 3.59. The van der Waals surface area contributed by atoms with Gasteiger partial charge in [-0.2, -0.15) is 0 Å². The largest absolute Gasteiger partial charge is 0.451 e. The molecule has 0 radical (unpaired) electrons. The van der Waals surface area contributed by atoms with Crippen LogP contribution in [0.2, 0.25) is 0 Å². The highest BCUT2D eigenvalue weighted by molar-refractivity contribution is 5.92. The molecule has 2 amide bonds. The van der Waals surface area contributed by atoms with Gasteiger partial charge in [-0.3, -0.25) is 9.59 Å². The number of likely N-dealkylation sites (tertiary alicyclic amines) is 1. The van der Waals surface area contributed by atoms with Crippen LogP contribution < -0.4 is 11.1 Å². The van der Waals surface area contributed by atoms with Crippen molar-refractivity contribution in [2.45, 2.75) is 45.1 Å². The quantitative estimate of drug-likeness (QED) is 0.769. The molecule has 6 heteroatoms. The van der Waals surface area contributed by atoms with Gasteiger partial charge in [0.1, 0.15) is 5.76 Å². The molecule has 0 saturated carbocycles. The summed E-state index contributed by atoms with van der Waals surface area (Å²) in [4.78, 5) is 26.6. The maximum absolute atomic E-state index is 13.0. The highest BCUT2D eigenvalue weighted by Gasteiger charge is 2.29. The Hall–Kier alpha value is -2.60. The first-order valence-corrected chi connectivity index (χ1v) is 10.1. The minimum Gasteiger partial charge on any atom is -0.451 e. The maximum Gasteiger partial charge on any atom is 0.289 e. The van der Waals surface area contributed by atoms with E-state index in [9.17, 15) is 9.59 Å². The lowest BCUT2D eigenvalue weighted by Gasteiger charge is -2.35. The molecule has 2 aromatic rings. The fraction of sp³-hybridized carbons (Fsp3) is 0.455. The number of hydrogen-bond acceptors (Lipinski definition) is 4. The number of carbonyl (C=O) groups excluding carboxylic acids is 2. The second kappa shape index (κ2) is 9.55. The number of rotatable bonds is 7. The summed E-state index contributed by atoms with van der Waals surface area (Å²) in [5.74, 6) is 0.844. The second-order valence-corrected chi connectivity index (χ2v) is 7.21. The van der Waals surface area contributed by atoms with Crippen molar-refractivity contribution in [3.63, 3.8) is 0 Å². The number of nitrogens with one attached hydrogen (secondary N) is 1. The van der Waals surface area contributed by atoms with Crippen molar-refractivity contribution in [3.8, 4) is 11.3 Å². The van der Waals surface area contributed by atoms with Gasteiger partial charge < -0.3 is 20.4 Å². The lowest BCUT2D eigenvalue weighted by Crippen LogP contribution is -2.49. The Bertz CT molecular complexity index is 798. The van der Waals surface area contributed by atoms with Crippen LogP contribution in [0.3, 0.4) is 0 Å². The SMILES string of the molecule is CCc1ccc(-c2ccc(C(=O)N3CCCCC3CNC(=O)CCN)o2)cc1. The van der Waals surface area contributed by atoms with Gasteiger partial charge in [0, 0.05) is 37.7 Å². The lowest BCUT2D eigenvalue weighted by molar-refractivity contribution is -0.121. The van der Waals surface area contributed by atoms with Crippen LogP contribution in [0.5, 0.6) is 0 Å². The van der Waals surface area contributed by atoms with E-state index in [0.717, 1.165) is 31.2 Å². The molecule has 1 aliphatic rings. The number of piperidine rings is 1. The number of hydrogen-bond donors (Lipinski definition) is 2. The summed E-state index contributed by atoms with van der Waals surface area (Å²) >= 11 is 0.